The molecular formula is C11H13ClN2O2. The molecule has 4 nitrogen and oxygen atoms in total. The summed E-state index contributed by atoms with van der Waals surface area (Å²) in [7, 11) is 1.56. The molecule has 3 N–H and O–H groups in total. The van der Waals surface area contributed by atoms with Gasteiger partial charge in [-0.2, -0.15) is 0 Å². The van der Waals surface area contributed by atoms with Crippen molar-refractivity contribution in [2.24, 2.45) is 5.73 Å². The van der Waals surface area contributed by atoms with Gasteiger partial charge in [0.1, 0.15) is 5.75 Å². The smallest absolute Gasteiger partial charge is 0.244 e. The van der Waals surface area contributed by atoms with Crippen LogP contribution >= 0.6 is 11.6 Å². The van der Waals surface area contributed by atoms with Gasteiger partial charge in [0.2, 0.25) is 5.91 Å². The first-order valence-corrected chi connectivity index (χ1v) is 5.37. The minimum atomic E-state index is -0.702. The average Bonchev–Trinajstić information content (AvgIpc) is 3.01. The lowest BCUT2D eigenvalue weighted by molar-refractivity contribution is -0.118. The second kappa shape index (κ2) is 3.96. The van der Waals surface area contributed by atoms with E-state index in [9.17, 15) is 4.79 Å². The molecule has 0 aromatic heterocycles. The van der Waals surface area contributed by atoms with E-state index in [1.165, 1.54) is 0 Å². The number of halogens is 1. The SMILES string of the molecule is COc1ccc(Cl)c(NC(=O)C2(N)CC2)c1. The Morgan fingerprint density at radius 1 is 1.56 bits per heavy atom. The van der Waals surface area contributed by atoms with Crippen LogP contribution in [0.2, 0.25) is 5.02 Å². The van der Waals surface area contributed by atoms with Crippen LogP contribution in [0.1, 0.15) is 12.8 Å². The van der Waals surface area contributed by atoms with Gasteiger partial charge >= 0.3 is 0 Å². The summed E-state index contributed by atoms with van der Waals surface area (Å²) in [6.45, 7) is 0. The number of benzene rings is 1. The molecule has 0 atom stereocenters. The minimum Gasteiger partial charge on any atom is -0.497 e. The highest BCUT2D eigenvalue weighted by atomic mass is 35.5. The predicted molar refractivity (Wildman–Crippen MR) is 62.8 cm³/mol. The second-order valence-electron chi connectivity index (χ2n) is 3.96. The number of ether oxygens (including phenoxy) is 1. The van der Waals surface area contributed by atoms with Crippen LogP contribution in [0.4, 0.5) is 5.69 Å². The normalized spacial score (nSPS) is 16.7. The third-order valence-corrected chi connectivity index (χ3v) is 2.99. The van der Waals surface area contributed by atoms with Crippen molar-refractivity contribution in [1.29, 1.82) is 0 Å². The Kier molecular flexibility index (Phi) is 2.78. The lowest BCUT2D eigenvalue weighted by atomic mass is 10.2. The fourth-order valence-corrected chi connectivity index (χ4v) is 1.50. The maximum Gasteiger partial charge on any atom is 0.244 e. The number of hydrogen-bond donors (Lipinski definition) is 2. The highest BCUT2D eigenvalue weighted by molar-refractivity contribution is 6.33. The molecule has 1 aromatic rings. The van der Waals surface area contributed by atoms with Crippen LogP contribution in [0.3, 0.4) is 0 Å². The Bertz CT molecular complexity index is 430. The van der Waals surface area contributed by atoms with Crippen molar-refractivity contribution in [1.82, 2.24) is 0 Å². The Labute approximate surface area is 98.7 Å². The Morgan fingerprint density at radius 2 is 2.25 bits per heavy atom. The van der Waals surface area contributed by atoms with Crippen LogP contribution in [0, 0.1) is 0 Å². The van der Waals surface area contributed by atoms with Crippen LogP contribution < -0.4 is 15.8 Å². The molecule has 0 spiro atoms. The minimum absolute atomic E-state index is 0.192. The number of anilines is 1. The first-order chi connectivity index (χ1) is 7.55. The van der Waals surface area contributed by atoms with E-state index < -0.39 is 5.54 Å². The molecule has 1 saturated carbocycles. The van der Waals surface area contributed by atoms with Crippen molar-refractivity contribution >= 4 is 23.2 Å². The molecule has 0 saturated heterocycles. The summed E-state index contributed by atoms with van der Waals surface area (Å²) in [4.78, 5) is 11.7. The summed E-state index contributed by atoms with van der Waals surface area (Å²) in [5.74, 6) is 0.448. The largest absolute Gasteiger partial charge is 0.497 e. The van der Waals surface area contributed by atoms with E-state index >= 15 is 0 Å². The highest BCUT2D eigenvalue weighted by Gasteiger charge is 2.46. The third kappa shape index (κ3) is 2.13. The van der Waals surface area contributed by atoms with Crippen molar-refractivity contribution < 1.29 is 9.53 Å². The summed E-state index contributed by atoms with van der Waals surface area (Å²) in [6.07, 6.45) is 1.45. The van der Waals surface area contributed by atoms with Gasteiger partial charge in [-0.25, -0.2) is 0 Å². The van der Waals surface area contributed by atoms with Crippen LogP contribution in [-0.2, 0) is 4.79 Å². The molecule has 2 rings (SSSR count). The summed E-state index contributed by atoms with van der Waals surface area (Å²) < 4.78 is 5.05. The number of nitrogens with two attached hydrogens (primary N) is 1. The van der Waals surface area contributed by atoms with Gasteiger partial charge in [0, 0.05) is 6.07 Å². The van der Waals surface area contributed by atoms with Gasteiger partial charge in [0.25, 0.3) is 0 Å². The summed E-state index contributed by atoms with van der Waals surface area (Å²) >= 11 is 5.96. The first kappa shape index (κ1) is 11.2. The number of hydrogen-bond acceptors (Lipinski definition) is 3. The Morgan fingerprint density at radius 3 is 2.81 bits per heavy atom. The third-order valence-electron chi connectivity index (χ3n) is 2.66. The maximum absolute atomic E-state index is 11.7. The van der Waals surface area contributed by atoms with Crippen LogP contribution in [0.5, 0.6) is 5.75 Å². The first-order valence-electron chi connectivity index (χ1n) is 4.99. The number of carbonyl (C=O) groups excluding carboxylic acids is 1. The van der Waals surface area contributed by atoms with E-state index in [1.54, 1.807) is 25.3 Å². The molecule has 0 bridgehead atoms. The molecule has 0 radical (unpaired) electrons. The number of amides is 1. The van der Waals surface area contributed by atoms with E-state index in [2.05, 4.69) is 5.32 Å². The summed E-state index contributed by atoms with van der Waals surface area (Å²) in [5.41, 5.74) is 5.60. The lowest BCUT2D eigenvalue weighted by Gasteiger charge is -2.12. The molecular weight excluding hydrogens is 228 g/mol. The van der Waals surface area contributed by atoms with Gasteiger partial charge in [0.15, 0.2) is 0 Å². The summed E-state index contributed by atoms with van der Waals surface area (Å²) in [6, 6.07) is 5.07. The van der Waals surface area contributed by atoms with Gasteiger partial charge in [-0.1, -0.05) is 11.6 Å². The Balaban J connectivity index is 2.17. The average molecular weight is 241 g/mol. The zero-order valence-electron chi connectivity index (χ0n) is 8.92. The predicted octanol–water partition coefficient (Wildman–Crippen LogP) is 1.78. The van der Waals surface area contributed by atoms with E-state index in [0.717, 1.165) is 12.8 Å². The number of rotatable bonds is 3. The van der Waals surface area contributed by atoms with E-state index in [4.69, 9.17) is 22.1 Å². The number of methoxy groups -OCH3 is 1. The maximum atomic E-state index is 11.7. The van der Waals surface area contributed by atoms with Crippen molar-refractivity contribution in [2.75, 3.05) is 12.4 Å². The van der Waals surface area contributed by atoms with Gasteiger partial charge in [0.05, 0.1) is 23.4 Å². The van der Waals surface area contributed by atoms with Crippen LogP contribution in [0.25, 0.3) is 0 Å². The molecule has 86 valence electrons. The fourth-order valence-electron chi connectivity index (χ4n) is 1.34. The molecule has 0 heterocycles. The molecule has 1 fully saturated rings. The molecule has 1 aliphatic carbocycles. The topological polar surface area (TPSA) is 64.3 Å². The quantitative estimate of drug-likeness (QED) is 0.847. The second-order valence-corrected chi connectivity index (χ2v) is 4.36. The molecule has 16 heavy (non-hydrogen) atoms. The van der Waals surface area contributed by atoms with Gasteiger partial charge in [-0.05, 0) is 25.0 Å². The molecule has 5 heteroatoms. The van der Waals surface area contributed by atoms with Crippen molar-refractivity contribution in [2.45, 2.75) is 18.4 Å². The van der Waals surface area contributed by atoms with Crippen molar-refractivity contribution in [3.8, 4) is 5.75 Å². The van der Waals surface area contributed by atoms with E-state index in [1.807, 2.05) is 0 Å². The Hall–Kier alpha value is -1.26. The summed E-state index contributed by atoms with van der Waals surface area (Å²) in [5, 5.41) is 3.18. The molecule has 1 aliphatic rings. The van der Waals surface area contributed by atoms with Crippen LogP contribution in [0.15, 0.2) is 18.2 Å². The van der Waals surface area contributed by atoms with Crippen molar-refractivity contribution in [3.05, 3.63) is 23.2 Å². The molecule has 0 aliphatic heterocycles. The van der Waals surface area contributed by atoms with Gasteiger partial charge in [-0.15, -0.1) is 0 Å². The van der Waals surface area contributed by atoms with E-state index in [-0.39, 0.29) is 5.91 Å². The lowest BCUT2D eigenvalue weighted by Crippen LogP contribution is -2.37. The van der Waals surface area contributed by atoms with Crippen molar-refractivity contribution in [3.63, 3.8) is 0 Å². The zero-order chi connectivity index (χ0) is 11.8. The zero-order valence-corrected chi connectivity index (χ0v) is 9.67. The fraction of sp³-hybridized carbons (Fsp3) is 0.364. The van der Waals surface area contributed by atoms with Gasteiger partial charge in [-0.3, -0.25) is 4.79 Å². The van der Waals surface area contributed by atoms with Gasteiger partial charge < -0.3 is 15.8 Å². The molecule has 0 unspecified atom stereocenters. The van der Waals surface area contributed by atoms with Crippen LogP contribution in [-0.4, -0.2) is 18.6 Å². The highest BCUT2D eigenvalue weighted by Crippen LogP contribution is 2.35. The standard InChI is InChI=1S/C11H13ClN2O2/c1-16-7-2-3-8(12)9(6-7)14-10(15)11(13)4-5-11/h2-3,6H,4-5,13H2,1H3,(H,14,15). The van der Waals surface area contributed by atoms with E-state index in [0.29, 0.717) is 16.5 Å². The monoisotopic (exact) mass is 240 g/mol. The molecule has 1 aromatic carbocycles. The number of nitrogens with one attached hydrogen (secondary N) is 1. The molecule has 1 amide bonds. The number of carbonyl (C=O) groups is 1.